The summed E-state index contributed by atoms with van der Waals surface area (Å²) in [4.78, 5) is 8.89. The Bertz CT molecular complexity index is 629. The standard InChI is InChI=1S/C16H22N4OS/c1-2-14-18-19-15(21-14)10-20-8-4-5-11(9-20)16-17-12-6-3-7-13(12)22-16/h11H,2-10H2,1H3. The number of thiazole rings is 1. The molecule has 1 aliphatic heterocycles. The first-order valence-electron chi connectivity index (χ1n) is 8.34. The minimum Gasteiger partial charge on any atom is -0.424 e. The quantitative estimate of drug-likeness (QED) is 0.867. The van der Waals surface area contributed by atoms with E-state index in [0.717, 1.165) is 37.8 Å². The van der Waals surface area contributed by atoms with Crippen LogP contribution in [0.4, 0.5) is 0 Å². The third-order valence-corrected chi connectivity index (χ3v) is 5.96. The van der Waals surface area contributed by atoms with Crippen LogP contribution in [0.25, 0.3) is 0 Å². The van der Waals surface area contributed by atoms with Crippen LogP contribution in [0.5, 0.6) is 0 Å². The van der Waals surface area contributed by atoms with Gasteiger partial charge in [0.05, 0.1) is 17.2 Å². The fourth-order valence-electron chi connectivity index (χ4n) is 3.47. The van der Waals surface area contributed by atoms with Crippen molar-refractivity contribution in [1.29, 1.82) is 0 Å². The van der Waals surface area contributed by atoms with Crippen molar-refractivity contribution in [2.75, 3.05) is 13.1 Å². The highest BCUT2D eigenvalue weighted by Gasteiger charge is 2.27. The average Bonchev–Trinajstić information content (AvgIpc) is 3.22. The molecule has 2 aliphatic rings. The molecular formula is C16H22N4OS. The van der Waals surface area contributed by atoms with Crippen molar-refractivity contribution in [3.05, 3.63) is 27.4 Å². The van der Waals surface area contributed by atoms with Gasteiger partial charge in [-0.2, -0.15) is 0 Å². The van der Waals surface area contributed by atoms with Crippen LogP contribution in [0, 0.1) is 0 Å². The lowest BCUT2D eigenvalue weighted by atomic mass is 9.99. The Labute approximate surface area is 134 Å². The van der Waals surface area contributed by atoms with Crippen molar-refractivity contribution in [1.82, 2.24) is 20.1 Å². The third-order valence-electron chi connectivity index (χ3n) is 4.64. The van der Waals surface area contributed by atoms with E-state index in [-0.39, 0.29) is 0 Å². The van der Waals surface area contributed by atoms with E-state index in [1.807, 2.05) is 18.3 Å². The van der Waals surface area contributed by atoms with Gasteiger partial charge in [0, 0.05) is 23.8 Å². The number of aryl methyl sites for hydroxylation is 3. The van der Waals surface area contributed by atoms with Gasteiger partial charge in [-0.3, -0.25) is 4.90 Å². The van der Waals surface area contributed by atoms with Gasteiger partial charge < -0.3 is 4.42 Å². The molecule has 1 atom stereocenters. The van der Waals surface area contributed by atoms with Crippen LogP contribution in [0.2, 0.25) is 0 Å². The van der Waals surface area contributed by atoms with Crippen LogP contribution >= 0.6 is 11.3 Å². The summed E-state index contributed by atoms with van der Waals surface area (Å²) < 4.78 is 5.65. The summed E-state index contributed by atoms with van der Waals surface area (Å²) in [6.45, 7) is 4.99. The maximum atomic E-state index is 5.65. The van der Waals surface area contributed by atoms with E-state index >= 15 is 0 Å². The topological polar surface area (TPSA) is 55.1 Å². The molecule has 0 aromatic carbocycles. The molecule has 0 saturated carbocycles. The summed E-state index contributed by atoms with van der Waals surface area (Å²) in [6, 6.07) is 0. The number of aromatic nitrogens is 3. The normalized spacial score (nSPS) is 22.1. The SMILES string of the molecule is CCc1nnc(CN2CCCC(c3nc4c(s3)CCC4)C2)o1. The Morgan fingerprint density at radius 1 is 1.23 bits per heavy atom. The van der Waals surface area contributed by atoms with Crippen LogP contribution in [0.3, 0.4) is 0 Å². The zero-order chi connectivity index (χ0) is 14.9. The molecule has 1 saturated heterocycles. The van der Waals surface area contributed by atoms with Gasteiger partial charge in [-0.1, -0.05) is 6.92 Å². The second-order valence-electron chi connectivity index (χ2n) is 6.29. The van der Waals surface area contributed by atoms with Crippen molar-refractivity contribution in [2.24, 2.45) is 0 Å². The van der Waals surface area contributed by atoms with Gasteiger partial charge in [0.1, 0.15) is 0 Å². The molecule has 2 aromatic heterocycles. The smallest absolute Gasteiger partial charge is 0.230 e. The molecule has 0 radical (unpaired) electrons. The molecule has 22 heavy (non-hydrogen) atoms. The maximum absolute atomic E-state index is 5.65. The number of piperidine rings is 1. The lowest BCUT2D eigenvalue weighted by Gasteiger charge is -2.30. The molecule has 1 aliphatic carbocycles. The first kappa shape index (κ1) is 14.3. The number of likely N-dealkylation sites (tertiary alicyclic amines) is 1. The first-order chi connectivity index (χ1) is 10.8. The predicted octanol–water partition coefficient (Wildman–Crippen LogP) is 2.96. The largest absolute Gasteiger partial charge is 0.424 e. The molecule has 2 aromatic rings. The van der Waals surface area contributed by atoms with Crippen molar-refractivity contribution in [3.8, 4) is 0 Å². The Balaban J connectivity index is 1.42. The second-order valence-corrected chi connectivity index (χ2v) is 7.41. The van der Waals surface area contributed by atoms with Gasteiger partial charge in [-0.15, -0.1) is 21.5 Å². The van der Waals surface area contributed by atoms with E-state index < -0.39 is 0 Å². The number of hydrogen-bond donors (Lipinski definition) is 0. The lowest BCUT2D eigenvalue weighted by Crippen LogP contribution is -2.34. The van der Waals surface area contributed by atoms with Crippen LogP contribution in [0.15, 0.2) is 4.42 Å². The molecule has 0 spiro atoms. The van der Waals surface area contributed by atoms with E-state index in [9.17, 15) is 0 Å². The highest BCUT2D eigenvalue weighted by molar-refractivity contribution is 7.11. The first-order valence-corrected chi connectivity index (χ1v) is 9.15. The molecule has 118 valence electrons. The van der Waals surface area contributed by atoms with Crippen molar-refractivity contribution < 1.29 is 4.42 Å². The molecule has 6 heteroatoms. The Hall–Kier alpha value is -1.27. The Kier molecular flexibility index (Phi) is 3.96. The molecule has 5 nitrogen and oxygen atoms in total. The van der Waals surface area contributed by atoms with Gasteiger partial charge in [0.15, 0.2) is 0 Å². The minimum absolute atomic E-state index is 0.581. The summed E-state index contributed by atoms with van der Waals surface area (Å²) in [5, 5.41) is 9.56. The maximum Gasteiger partial charge on any atom is 0.230 e. The highest BCUT2D eigenvalue weighted by atomic mass is 32.1. The molecule has 0 N–H and O–H groups in total. The Morgan fingerprint density at radius 3 is 2.95 bits per heavy atom. The zero-order valence-corrected chi connectivity index (χ0v) is 13.9. The molecule has 4 rings (SSSR count). The molecule has 3 heterocycles. The number of nitrogens with zero attached hydrogens (tertiary/aromatic N) is 4. The molecule has 0 amide bonds. The van der Waals surface area contributed by atoms with Crippen molar-refractivity contribution >= 4 is 11.3 Å². The van der Waals surface area contributed by atoms with Crippen LogP contribution < -0.4 is 0 Å². The predicted molar refractivity (Wildman–Crippen MR) is 85.1 cm³/mol. The number of hydrogen-bond acceptors (Lipinski definition) is 6. The van der Waals surface area contributed by atoms with Crippen molar-refractivity contribution in [3.63, 3.8) is 0 Å². The lowest BCUT2D eigenvalue weighted by molar-refractivity contribution is 0.182. The summed E-state index contributed by atoms with van der Waals surface area (Å²) in [7, 11) is 0. The minimum atomic E-state index is 0.581. The van der Waals surface area contributed by atoms with E-state index in [1.165, 1.54) is 47.7 Å². The summed E-state index contributed by atoms with van der Waals surface area (Å²) in [6.07, 6.45) is 7.01. The third kappa shape index (κ3) is 2.82. The molecule has 1 unspecified atom stereocenters. The van der Waals surface area contributed by atoms with Crippen molar-refractivity contribution in [2.45, 2.75) is 57.9 Å². The molecule has 0 bridgehead atoms. The van der Waals surface area contributed by atoms with Gasteiger partial charge in [-0.05, 0) is 38.6 Å². The monoisotopic (exact) mass is 318 g/mol. The molecule has 1 fully saturated rings. The van der Waals surface area contributed by atoms with E-state index in [2.05, 4.69) is 15.1 Å². The van der Waals surface area contributed by atoms with E-state index in [0.29, 0.717) is 5.92 Å². The van der Waals surface area contributed by atoms with E-state index in [1.54, 1.807) is 0 Å². The summed E-state index contributed by atoms with van der Waals surface area (Å²) >= 11 is 1.96. The highest BCUT2D eigenvalue weighted by Crippen LogP contribution is 2.35. The summed E-state index contributed by atoms with van der Waals surface area (Å²) in [5.41, 5.74) is 1.38. The van der Waals surface area contributed by atoms with Gasteiger partial charge in [0.25, 0.3) is 0 Å². The average molecular weight is 318 g/mol. The Morgan fingerprint density at radius 2 is 2.14 bits per heavy atom. The van der Waals surface area contributed by atoms with Gasteiger partial charge in [0.2, 0.25) is 11.8 Å². The number of fused-ring (bicyclic) bond motifs is 1. The second kappa shape index (κ2) is 6.08. The van der Waals surface area contributed by atoms with Gasteiger partial charge >= 0.3 is 0 Å². The van der Waals surface area contributed by atoms with Crippen LogP contribution in [0.1, 0.15) is 59.5 Å². The van der Waals surface area contributed by atoms with Crippen LogP contribution in [-0.4, -0.2) is 33.2 Å². The zero-order valence-electron chi connectivity index (χ0n) is 13.0. The molecular weight excluding hydrogens is 296 g/mol. The van der Waals surface area contributed by atoms with Crippen LogP contribution in [-0.2, 0) is 25.8 Å². The fraction of sp³-hybridized carbons (Fsp3) is 0.688. The van der Waals surface area contributed by atoms with E-state index in [4.69, 9.17) is 9.40 Å². The summed E-state index contributed by atoms with van der Waals surface area (Å²) in [5.74, 6) is 2.07. The fourth-order valence-corrected chi connectivity index (χ4v) is 4.75. The van der Waals surface area contributed by atoms with Gasteiger partial charge in [-0.25, -0.2) is 4.98 Å². The number of rotatable bonds is 4.